The molecule has 0 saturated heterocycles. The van der Waals surface area contributed by atoms with Crippen molar-refractivity contribution in [2.75, 3.05) is 5.75 Å². The van der Waals surface area contributed by atoms with E-state index in [1.165, 1.54) is 0 Å². The Bertz CT molecular complexity index is 391. The number of benzene rings is 1. The Hall–Kier alpha value is -1.36. The molecule has 0 bridgehead atoms. The Morgan fingerprint density at radius 2 is 1.67 bits per heavy atom. The lowest BCUT2D eigenvalue weighted by molar-refractivity contribution is -0.134. The molecule has 1 aromatic rings. The molecule has 0 spiro atoms. The lowest BCUT2D eigenvalue weighted by atomic mass is 10.4. The first-order valence-corrected chi connectivity index (χ1v) is 6.02. The summed E-state index contributed by atoms with van der Waals surface area (Å²) in [5.41, 5.74) is 0. The van der Waals surface area contributed by atoms with Crippen LogP contribution in [0.1, 0.15) is 13.8 Å². The van der Waals surface area contributed by atoms with Gasteiger partial charge in [0, 0.05) is 6.92 Å². The summed E-state index contributed by atoms with van der Waals surface area (Å²) in [6.07, 6.45) is 0. The highest BCUT2D eigenvalue weighted by Crippen LogP contribution is 2.08. The second-order valence-electron chi connectivity index (χ2n) is 2.74. The summed E-state index contributed by atoms with van der Waals surface area (Å²) in [5, 5.41) is 7.42. The van der Waals surface area contributed by atoms with Crippen LogP contribution in [0.4, 0.5) is 0 Å². The highest BCUT2D eigenvalue weighted by atomic mass is 32.2. The number of carbonyl (C=O) groups is 1. The third-order valence-electron chi connectivity index (χ3n) is 1.48. The van der Waals surface area contributed by atoms with E-state index in [4.69, 9.17) is 9.90 Å². The Balaban J connectivity index is 0.000000423. The normalized spacial score (nSPS) is 10.0. The summed E-state index contributed by atoms with van der Waals surface area (Å²) in [4.78, 5) is 9.41. The maximum Gasteiger partial charge on any atom is 0.300 e. The zero-order valence-electron chi connectivity index (χ0n) is 8.67. The van der Waals surface area contributed by atoms with Gasteiger partial charge < -0.3 is 5.11 Å². The number of hydrogen-bond acceptors (Lipinski definition) is 3. The number of carboxylic acids is 1. The van der Waals surface area contributed by atoms with Crippen molar-refractivity contribution in [3.8, 4) is 0 Å². The molecule has 0 radical (unpaired) electrons. The first-order chi connectivity index (χ1) is 6.90. The van der Waals surface area contributed by atoms with Gasteiger partial charge in [-0.3, -0.25) is 4.79 Å². The maximum atomic E-state index is 11.2. The molecule has 5 heteroatoms. The largest absolute Gasteiger partial charge is 0.481 e. The van der Waals surface area contributed by atoms with Gasteiger partial charge in [-0.15, -0.1) is 0 Å². The van der Waals surface area contributed by atoms with Crippen LogP contribution in [0, 0.1) is 0 Å². The first-order valence-electron chi connectivity index (χ1n) is 4.37. The molecule has 0 heterocycles. The van der Waals surface area contributed by atoms with Gasteiger partial charge in [-0.2, -0.15) is 0 Å². The average molecular weight is 230 g/mol. The third kappa shape index (κ3) is 5.85. The fourth-order valence-corrected chi connectivity index (χ4v) is 1.70. The summed E-state index contributed by atoms with van der Waals surface area (Å²) in [6, 6.07) is 8.47. The van der Waals surface area contributed by atoms with E-state index in [0.717, 1.165) is 6.92 Å². The van der Waals surface area contributed by atoms with Crippen LogP contribution in [0.15, 0.2) is 35.2 Å². The molecule has 0 aromatic heterocycles. The Labute approximate surface area is 89.5 Å². The molecule has 0 amide bonds. The molecule has 15 heavy (non-hydrogen) atoms. The minimum Gasteiger partial charge on any atom is -0.481 e. The van der Waals surface area contributed by atoms with Crippen molar-refractivity contribution in [2.45, 2.75) is 18.7 Å². The smallest absolute Gasteiger partial charge is 0.300 e. The lowest BCUT2D eigenvalue weighted by Gasteiger charge is -1.98. The lowest BCUT2D eigenvalue weighted by Crippen LogP contribution is -2.02. The van der Waals surface area contributed by atoms with E-state index in [1.54, 1.807) is 37.3 Å². The van der Waals surface area contributed by atoms with E-state index in [9.17, 15) is 8.42 Å². The molecule has 4 nitrogen and oxygen atoms in total. The average Bonchev–Trinajstić information content (AvgIpc) is 2.18. The minimum absolute atomic E-state index is 0.164. The number of carboxylic acid groups (broad SMARTS) is 1. The van der Waals surface area contributed by atoms with E-state index >= 15 is 0 Å². The second kappa shape index (κ2) is 6.19. The van der Waals surface area contributed by atoms with Crippen LogP contribution >= 0.6 is 0 Å². The van der Waals surface area contributed by atoms with Gasteiger partial charge in [0.25, 0.3) is 5.97 Å². The van der Waals surface area contributed by atoms with Crippen molar-refractivity contribution in [3.63, 3.8) is 0 Å². The fourth-order valence-electron chi connectivity index (χ4n) is 0.794. The zero-order valence-corrected chi connectivity index (χ0v) is 9.49. The number of aliphatic carboxylic acids is 1. The molecule has 84 valence electrons. The fraction of sp³-hybridized carbons (Fsp3) is 0.300. The molecule has 0 unspecified atom stereocenters. The Morgan fingerprint density at radius 3 is 2.00 bits per heavy atom. The topological polar surface area (TPSA) is 71.4 Å². The molecule has 0 aliphatic carbocycles. The van der Waals surface area contributed by atoms with Gasteiger partial charge in [-0.25, -0.2) is 8.42 Å². The predicted octanol–water partition coefficient (Wildman–Crippen LogP) is 1.57. The van der Waals surface area contributed by atoms with Crippen LogP contribution in [-0.2, 0) is 14.6 Å². The molecule has 0 saturated carbocycles. The van der Waals surface area contributed by atoms with Gasteiger partial charge in [0.05, 0.1) is 10.6 Å². The molecular formula is C10H14O4S. The molecule has 1 N–H and O–H groups in total. The quantitative estimate of drug-likeness (QED) is 0.837. The summed E-state index contributed by atoms with van der Waals surface area (Å²) < 4.78 is 22.4. The van der Waals surface area contributed by atoms with E-state index in [2.05, 4.69) is 0 Å². The molecule has 0 aliphatic rings. The summed E-state index contributed by atoms with van der Waals surface area (Å²) in [7, 11) is -3.00. The van der Waals surface area contributed by atoms with Gasteiger partial charge in [0.2, 0.25) is 0 Å². The van der Waals surface area contributed by atoms with E-state index in [1.807, 2.05) is 0 Å². The molecule has 1 rings (SSSR count). The van der Waals surface area contributed by atoms with E-state index in [-0.39, 0.29) is 5.75 Å². The van der Waals surface area contributed by atoms with Crippen LogP contribution < -0.4 is 0 Å². The van der Waals surface area contributed by atoms with E-state index < -0.39 is 15.8 Å². The van der Waals surface area contributed by atoms with Crippen LogP contribution in [0.3, 0.4) is 0 Å². The highest BCUT2D eigenvalue weighted by Gasteiger charge is 2.08. The summed E-state index contributed by atoms with van der Waals surface area (Å²) >= 11 is 0. The van der Waals surface area contributed by atoms with Crippen LogP contribution in [0.2, 0.25) is 0 Å². The maximum absolute atomic E-state index is 11.2. The van der Waals surface area contributed by atoms with Crippen molar-refractivity contribution < 1.29 is 18.3 Å². The van der Waals surface area contributed by atoms with Crippen molar-refractivity contribution in [1.29, 1.82) is 0 Å². The minimum atomic E-state index is -3.00. The summed E-state index contributed by atoms with van der Waals surface area (Å²) in [6.45, 7) is 2.72. The van der Waals surface area contributed by atoms with Crippen LogP contribution in [-0.4, -0.2) is 25.2 Å². The molecule has 0 fully saturated rings. The molecule has 0 atom stereocenters. The SMILES string of the molecule is CC(=O)O.CCS(=O)(=O)c1ccccc1. The number of sulfone groups is 1. The zero-order chi connectivity index (χ0) is 11.9. The predicted molar refractivity (Wildman–Crippen MR) is 57.5 cm³/mol. The van der Waals surface area contributed by atoms with Gasteiger partial charge in [0.15, 0.2) is 9.84 Å². The van der Waals surface area contributed by atoms with Crippen LogP contribution in [0.25, 0.3) is 0 Å². The van der Waals surface area contributed by atoms with Gasteiger partial charge in [-0.1, -0.05) is 25.1 Å². The monoisotopic (exact) mass is 230 g/mol. The van der Waals surface area contributed by atoms with Gasteiger partial charge in [-0.05, 0) is 12.1 Å². The third-order valence-corrected chi connectivity index (χ3v) is 3.23. The van der Waals surface area contributed by atoms with Gasteiger partial charge >= 0.3 is 0 Å². The van der Waals surface area contributed by atoms with Crippen molar-refractivity contribution in [1.82, 2.24) is 0 Å². The summed E-state index contributed by atoms with van der Waals surface area (Å²) in [5.74, 6) is -0.670. The molecular weight excluding hydrogens is 216 g/mol. The van der Waals surface area contributed by atoms with Crippen molar-refractivity contribution >= 4 is 15.8 Å². The standard InChI is InChI=1S/C8H10O2S.C2H4O2/c1-2-11(9,10)8-6-4-3-5-7-8;1-2(3)4/h3-7H,2H2,1H3;1H3,(H,3,4). The molecule has 1 aromatic carbocycles. The highest BCUT2D eigenvalue weighted by molar-refractivity contribution is 7.91. The van der Waals surface area contributed by atoms with Crippen LogP contribution in [0.5, 0.6) is 0 Å². The second-order valence-corrected chi connectivity index (χ2v) is 5.01. The molecule has 0 aliphatic heterocycles. The van der Waals surface area contributed by atoms with E-state index in [0.29, 0.717) is 4.90 Å². The van der Waals surface area contributed by atoms with Crippen molar-refractivity contribution in [2.24, 2.45) is 0 Å². The van der Waals surface area contributed by atoms with Crippen molar-refractivity contribution in [3.05, 3.63) is 30.3 Å². The number of rotatable bonds is 2. The Kier molecular flexibility index (Phi) is 5.62. The Morgan fingerprint density at radius 1 is 1.27 bits per heavy atom. The number of hydrogen-bond donors (Lipinski definition) is 1. The van der Waals surface area contributed by atoms with Gasteiger partial charge in [0.1, 0.15) is 0 Å². The first kappa shape index (κ1) is 13.6.